The number of rotatable bonds is 5. The van der Waals surface area contributed by atoms with E-state index in [0.717, 1.165) is 18.5 Å². The van der Waals surface area contributed by atoms with E-state index in [2.05, 4.69) is 25.5 Å². The van der Waals surface area contributed by atoms with Crippen molar-refractivity contribution in [2.75, 3.05) is 19.7 Å². The Morgan fingerprint density at radius 2 is 2.21 bits per heavy atom. The highest BCUT2D eigenvalue weighted by Crippen LogP contribution is 2.33. The predicted octanol–water partition coefficient (Wildman–Crippen LogP) is 0.568. The molecule has 0 bridgehead atoms. The normalized spacial score (nSPS) is 24.4. The molecule has 1 saturated carbocycles. The highest BCUT2D eigenvalue weighted by atomic mass is 16.5. The van der Waals surface area contributed by atoms with Gasteiger partial charge in [-0.1, -0.05) is 0 Å². The predicted molar refractivity (Wildman–Crippen MR) is 99.2 cm³/mol. The van der Waals surface area contributed by atoms with Crippen LogP contribution >= 0.6 is 0 Å². The lowest BCUT2D eigenvalue weighted by atomic mass is 9.81. The zero-order valence-electron chi connectivity index (χ0n) is 15.6. The number of morpholine rings is 1. The van der Waals surface area contributed by atoms with Gasteiger partial charge in [-0.3, -0.25) is 19.7 Å². The third-order valence-electron chi connectivity index (χ3n) is 5.49. The monoisotopic (exact) mass is 384 g/mol. The van der Waals surface area contributed by atoms with Crippen molar-refractivity contribution in [1.82, 2.24) is 30.4 Å². The van der Waals surface area contributed by atoms with Crippen LogP contribution in [0.5, 0.6) is 0 Å². The van der Waals surface area contributed by atoms with E-state index in [1.165, 1.54) is 12.4 Å². The van der Waals surface area contributed by atoms with Crippen LogP contribution in [0.15, 0.2) is 30.9 Å². The highest BCUT2D eigenvalue weighted by Gasteiger charge is 2.42. The second kappa shape index (κ2) is 8.47. The molecule has 2 fully saturated rings. The van der Waals surface area contributed by atoms with Crippen LogP contribution in [-0.4, -0.2) is 68.7 Å². The third kappa shape index (κ3) is 4.04. The van der Waals surface area contributed by atoms with Gasteiger partial charge in [-0.15, -0.1) is 0 Å². The summed E-state index contributed by atoms with van der Waals surface area (Å²) in [6.45, 7) is 1.57. The fraction of sp³-hybridized carbons (Fsp3) is 0.526. The van der Waals surface area contributed by atoms with Gasteiger partial charge in [0.2, 0.25) is 5.91 Å². The number of ether oxygens (including phenoxy) is 1. The first-order chi connectivity index (χ1) is 13.7. The number of carbonyl (C=O) groups is 2. The number of nitrogens with zero attached hydrogens (tertiary/aromatic N) is 4. The zero-order chi connectivity index (χ0) is 19.3. The Labute approximate surface area is 162 Å². The second-order valence-corrected chi connectivity index (χ2v) is 7.20. The van der Waals surface area contributed by atoms with E-state index in [-0.39, 0.29) is 29.9 Å². The number of aromatic nitrogens is 4. The topological polar surface area (TPSA) is 113 Å². The Hall–Kier alpha value is -2.81. The van der Waals surface area contributed by atoms with Crippen LogP contribution in [0.2, 0.25) is 0 Å². The molecule has 0 radical (unpaired) electrons. The lowest BCUT2D eigenvalue weighted by molar-refractivity contribution is -0.131. The number of carbonyl (C=O) groups excluding carboxylic acids is 2. The summed E-state index contributed by atoms with van der Waals surface area (Å²) < 4.78 is 5.88. The maximum absolute atomic E-state index is 12.9. The highest BCUT2D eigenvalue weighted by molar-refractivity contribution is 5.92. The van der Waals surface area contributed by atoms with E-state index in [4.69, 9.17) is 4.74 Å². The van der Waals surface area contributed by atoms with Gasteiger partial charge >= 0.3 is 0 Å². The van der Waals surface area contributed by atoms with E-state index in [0.29, 0.717) is 38.2 Å². The number of nitrogens with one attached hydrogen (secondary N) is 2. The van der Waals surface area contributed by atoms with Crippen molar-refractivity contribution >= 4 is 11.8 Å². The first-order valence-corrected chi connectivity index (χ1v) is 9.67. The quantitative estimate of drug-likeness (QED) is 0.779. The van der Waals surface area contributed by atoms with Gasteiger partial charge in [0.1, 0.15) is 5.69 Å². The molecule has 9 heteroatoms. The van der Waals surface area contributed by atoms with Crippen molar-refractivity contribution in [2.24, 2.45) is 5.92 Å². The smallest absolute Gasteiger partial charge is 0.274 e. The molecule has 1 saturated heterocycles. The molecule has 2 aromatic rings. The molecule has 2 aliphatic rings. The summed E-state index contributed by atoms with van der Waals surface area (Å²) in [4.78, 5) is 35.5. The second-order valence-electron chi connectivity index (χ2n) is 7.20. The van der Waals surface area contributed by atoms with Crippen molar-refractivity contribution in [3.8, 4) is 0 Å². The van der Waals surface area contributed by atoms with Crippen molar-refractivity contribution < 1.29 is 14.3 Å². The molecule has 2 amide bonds. The van der Waals surface area contributed by atoms with Gasteiger partial charge in [0.15, 0.2) is 0 Å². The van der Waals surface area contributed by atoms with Gasteiger partial charge in [0.25, 0.3) is 5.91 Å². The van der Waals surface area contributed by atoms with E-state index < -0.39 is 0 Å². The van der Waals surface area contributed by atoms with Crippen LogP contribution in [0.3, 0.4) is 0 Å². The molecular weight excluding hydrogens is 360 g/mol. The van der Waals surface area contributed by atoms with Gasteiger partial charge in [-0.2, -0.15) is 5.10 Å². The minimum atomic E-state index is -0.147. The number of amides is 2. The van der Waals surface area contributed by atoms with Gasteiger partial charge < -0.3 is 15.0 Å². The maximum Gasteiger partial charge on any atom is 0.274 e. The third-order valence-corrected chi connectivity index (χ3v) is 5.49. The van der Waals surface area contributed by atoms with Crippen molar-refractivity contribution in [3.63, 3.8) is 0 Å². The molecule has 3 heterocycles. The molecule has 1 aliphatic carbocycles. The van der Waals surface area contributed by atoms with Crippen molar-refractivity contribution in [1.29, 1.82) is 0 Å². The average Bonchev–Trinajstić information content (AvgIpc) is 3.26. The van der Waals surface area contributed by atoms with Gasteiger partial charge in [0.05, 0.1) is 24.9 Å². The SMILES string of the molecule is O=C(NCCc1ccn[nH]1)[C@H]1CC[C@H]2OCCN(C(=O)c3cnccn3)[C@@H]2C1. The van der Waals surface area contributed by atoms with Crippen molar-refractivity contribution in [2.45, 2.75) is 37.8 Å². The summed E-state index contributed by atoms with van der Waals surface area (Å²) in [5.74, 6) is -0.232. The Kier molecular flexibility index (Phi) is 5.61. The molecule has 0 unspecified atom stereocenters. The molecule has 28 heavy (non-hydrogen) atoms. The number of hydrogen-bond acceptors (Lipinski definition) is 6. The largest absolute Gasteiger partial charge is 0.374 e. The molecule has 4 rings (SSSR count). The molecule has 2 aromatic heterocycles. The summed E-state index contributed by atoms with van der Waals surface area (Å²) in [6.07, 6.45) is 9.07. The van der Waals surface area contributed by atoms with Crippen LogP contribution in [0, 0.1) is 5.92 Å². The van der Waals surface area contributed by atoms with Crippen LogP contribution < -0.4 is 5.32 Å². The summed E-state index contributed by atoms with van der Waals surface area (Å²) in [6, 6.07) is 1.78. The van der Waals surface area contributed by atoms with Gasteiger partial charge in [-0.05, 0) is 25.3 Å². The molecule has 1 aliphatic heterocycles. The summed E-state index contributed by atoms with van der Waals surface area (Å²) >= 11 is 0. The number of fused-ring (bicyclic) bond motifs is 1. The van der Waals surface area contributed by atoms with Crippen LogP contribution in [0.25, 0.3) is 0 Å². The molecular formula is C19H24N6O3. The Morgan fingerprint density at radius 1 is 1.29 bits per heavy atom. The molecule has 148 valence electrons. The molecule has 9 nitrogen and oxygen atoms in total. The number of H-pyrrole nitrogens is 1. The Morgan fingerprint density at radius 3 is 3.00 bits per heavy atom. The minimum Gasteiger partial charge on any atom is -0.374 e. The van der Waals surface area contributed by atoms with Crippen LogP contribution in [0.4, 0.5) is 0 Å². The zero-order valence-corrected chi connectivity index (χ0v) is 15.6. The molecule has 0 aromatic carbocycles. The fourth-order valence-electron chi connectivity index (χ4n) is 4.05. The fourth-order valence-corrected chi connectivity index (χ4v) is 4.05. The average molecular weight is 384 g/mol. The molecule has 3 atom stereocenters. The maximum atomic E-state index is 12.9. The van der Waals surface area contributed by atoms with E-state index >= 15 is 0 Å². The summed E-state index contributed by atoms with van der Waals surface area (Å²) in [5, 5.41) is 9.80. The molecule has 0 spiro atoms. The van der Waals surface area contributed by atoms with Gasteiger partial charge in [-0.25, -0.2) is 4.98 Å². The lowest BCUT2D eigenvalue weighted by Gasteiger charge is -2.45. The minimum absolute atomic E-state index is 0.0246. The summed E-state index contributed by atoms with van der Waals surface area (Å²) in [5.41, 5.74) is 1.32. The molecule has 2 N–H and O–H groups in total. The number of aromatic amines is 1. The Balaban J connectivity index is 1.37. The van der Waals surface area contributed by atoms with E-state index in [1.54, 1.807) is 12.4 Å². The van der Waals surface area contributed by atoms with E-state index in [1.807, 2.05) is 11.0 Å². The van der Waals surface area contributed by atoms with Crippen molar-refractivity contribution in [3.05, 3.63) is 42.2 Å². The summed E-state index contributed by atoms with van der Waals surface area (Å²) in [7, 11) is 0. The van der Waals surface area contributed by atoms with Crippen LogP contribution in [0.1, 0.15) is 35.4 Å². The standard InChI is InChI=1S/C19H24N6O3/c26-18(22-5-3-14-4-6-23-24-14)13-1-2-17-16(11-13)25(9-10-28-17)19(27)15-12-20-7-8-21-15/h4,6-8,12-13,16-17H,1-3,5,9-11H2,(H,22,26)(H,23,24)/t13-,16+,17+/m0/s1. The van der Waals surface area contributed by atoms with Gasteiger partial charge in [0, 0.05) is 49.7 Å². The first kappa shape index (κ1) is 18.5. The Bertz CT molecular complexity index is 797. The van der Waals surface area contributed by atoms with Crippen LogP contribution in [-0.2, 0) is 16.0 Å². The lowest BCUT2D eigenvalue weighted by Crippen LogP contribution is -2.57. The van der Waals surface area contributed by atoms with E-state index in [9.17, 15) is 9.59 Å². The number of hydrogen-bond donors (Lipinski definition) is 2. The first-order valence-electron chi connectivity index (χ1n) is 9.67.